The number of hydrogen-bond donors (Lipinski definition) is 11. The van der Waals surface area contributed by atoms with Gasteiger partial charge in [-0.1, -0.05) is 6.92 Å². The number of aliphatic hydroxyl groups is 9. The summed E-state index contributed by atoms with van der Waals surface area (Å²) < 4.78 is 42.7. The van der Waals surface area contributed by atoms with Crippen LogP contribution in [0.25, 0.3) is 0 Å². The molecule has 15 atom stereocenters. The van der Waals surface area contributed by atoms with Crippen LogP contribution in [0, 0.1) is 5.41 Å². The molecule has 0 bridgehead atoms. The van der Waals surface area contributed by atoms with Crippen LogP contribution in [0.4, 0.5) is 0 Å². The largest absolute Gasteiger partial charge is 0.469 e. The summed E-state index contributed by atoms with van der Waals surface area (Å²) in [5.41, 5.74) is -0.390. The molecule has 0 aromatic rings. The van der Waals surface area contributed by atoms with E-state index in [1.165, 1.54) is 0 Å². The third-order valence-electron chi connectivity index (χ3n) is 8.03. The van der Waals surface area contributed by atoms with E-state index in [9.17, 15) is 50.5 Å². The van der Waals surface area contributed by atoms with E-state index in [0.717, 1.165) is 12.8 Å². The lowest BCUT2D eigenvalue weighted by molar-refractivity contribution is -0.336. The Bertz CT molecular complexity index is 917. The number of phosphoric ester groups is 1. The van der Waals surface area contributed by atoms with E-state index in [-0.39, 0.29) is 0 Å². The first-order valence-corrected chi connectivity index (χ1v) is 14.6. The fraction of sp³-hybridized carbons (Fsp3) is 1.00. The van der Waals surface area contributed by atoms with Gasteiger partial charge in [0, 0.05) is 0 Å². The Labute approximate surface area is 233 Å². The lowest BCUT2D eigenvalue weighted by Crippen LogP contribution is -2.63. The highest BCUT2D eigenvalue weighted by atomic mass is 31.2. The van der Waals surface area contributed by atoms with Crippen LogP contribution in [0.15, 0.2) is 0 Å². The number of rotatable bonds is 10. The maximum Gasteiger partial charge on any atom is 0.469 e. The highest BCUT2D eigenvalue weighted by Gasteiger charge is 2.56. The predicted molar refractivity (Wildman–Crippen MR) is 127 cm³/mol. The summed E-state index contributed by atoms with van der Waals surface area (Å²) in [7, 11) is -4.96. The normalized spacial score (nSPS) is 48.6. The topological polar surface area (TPSA) is 295 Å². The van der Waals surface area contributed by atoms with E-state index in [2.05, 4.69) is 4.52 Å². The van der Waals surface area contributed by atoms with Gasteiger partial charge in [-0.25, -0.2) is 4.57 Å². The van der Waals surface area contributed by atoms with Crippen molar-refractivity contribution in [2.24, 2.45) is 5.41 Å². The number of aliphatic hydroxyl groups excluding tert-OH is 9. The molecule has 4 rings (SSSR count). The number of ether oxygens (including phenoxy) is 5. The molecule has 0 aromatic heterocycles. The Morgan fingerprint density at radius 2 is 1.00 bits per heavy atom. The summed E-state index contributed by atoms with van der Waals surface area (Å²) in [6.45, 7) is -0.112. The third kappa shape index (κ3) is 7.44. The van der Waals surface area contributed by atoms with Crippen LogP contribution in [0.3, 0.4) is 0 Å². The molecule has 4 fully saturated rings. The SMILES string of the molecule is CC1([C@H]2O[C@H](CO[C@H]3O[C@H](CO[C@H]4O[C@H](COP(=O)(O)O)[C@@H](O)[C@H](O)[C@@H]4O)[C@@H](O)[C@H](O)[C@@H]3O)[C@@H](O)[C@H](O)[C@@H]2O)CC1. The van der Waals surface area contributed by atoms with Gasteiger partial charge in [0.05, 0.1) is 25.9 Å². The second-order valence-electron chi connectivity index (χ2n) is 11.2. The molecule has 41 heavy (non-hydrogen) atoms. The highest BCUT2D eigenvalue weighted by molar-refractivity contribution is 7.46. The Balaban J connectivity index is 1.35. The monoisotopic (exact) mass is 622 g/mol. The molecule has 3 heterocycles. The van der Waals surface area contributed by atoms with Gasteiger partial charge >= 0.3 is 7.82 Å². The van der Waals surface area contributed by atoms with Crippen molar-refractivity contribution in [2.45, 2.75) is 112 Å². The molecule has 3 saturated heterocycles. The average Bonchev–Trinajstić information content (AvgIpc) is 3.66. The Hall–Kier alpha value is -0.450. The van der Waals surface area contributed by atoms with Gasteiger partial charge in [0.15, 0.2) is 12.6 Å². The first-order chi connectivity index (χ1) is 19.0. The molecule has 0 amide bonds. The maximum absolute atomic E-state index is 11.0. The third-order valence-corrected chi connectivity index (χ3v) is 8.52. The molecule has 0 unspecified atom stereocenters. The number of hydrogen-bond acceptors (Lipinski definition) is 16. The second-order valence-corrected chi connectivity index (χ2v) is 12.4. The smallest absolute Gasteiger partial charge is 0.388 e. The summed E-state index contributed by atoms with van der Waals surface area (Å²) in [5.74, 6) is 0. The van der Waals surface area contributed by atoms with Gasteiger partial charge in [0.2, 0.25) is 0 Å². The van der Waals surface area contributed by atoms with Gasteiger partial charge in [0.1, 0.15) is 73.2 Å². The lowest BCUT2D eigenvalue weighted by atomic mass is 9.87. The van der Waals surface area contributed by atoms with Crippen molar-refractivity contribution in [3.8, 4) is 0 Å². The summed E-state index contributed by atoms with van der Waals surface area (Å²) in [4.78, 5) is 17.7. The van der Waals surface area contributed by atoms with E-state index in [1.54, 1.807) is 0 Å². The van der Waals surface area contributed by atoms with Crippen molar-refractivity contribution >= 4 is 7.82 Å². The molecular weight excluding hydrogens is 583 g/mol. The van der Waals surface area contributed by atoms with Gasteiger partial charge < -0.3 is 79.4 Å². The van der Waals surface area contributed by atoms with Crippen molar-refractivity contribution in [2.75, 3.05) is 19.8 Å². The zero-order chi connectivity index (χ0) is 30.4. The van der Waals surface area contributed by atoms with Crippen LogP contribution >= 0.6 is 7.82 Å². The zero-order valence-corrected chi connectivity index (χ0v) is 22.8. The minimum absolute atomic E-state index is 0.390. The average molecular weight is 623 g/mol. The van der Waals surface area contributed by atoms with E-state index in [0.29, 0.717) is 0 Å². The highest BCUT2D eigenvalue weighted by Crippen LogP contribution is 2.52. The fourth-order valence-electron chi connectivity index (χ4n) is 5.08. The predicted octanol–water partition coefficient (Wildman–Crippen LogP) is -5.61. The molecule has 1 aliphatic carbocycles. The summed E-state index contributed by atoms with van der Waals surface area (Å²) in [6.07, 6.45) is -22.0. The van der Waals surface area contributed by atoms with Gasteiger partial charge in [-0.2, -0.15) is 0 Å². The number of phosphoric acid groups is 1. The van der Waals surface area contributed by atoms with Crippen LogP contribution in [-0.4, -0.2) is 167 Å². The van der Waals surface area contributed by atoms with E-state index >= 15 is 0 Å². The fourth-order valence-corrected chi connectivity index (χ4v) is 5.42. The molecular formula is C22H39O18P. The quantitative estimate of drug-likeness (QED) is 0.101. The van der Waals surface area contributed by atoms with Crippen molar-refractivity contribution in [3.63, 3.8) is 0 Å². The Morgan fingerprint density at radius 1 is 0.610 bits per heavy atom. The van der Waals surface area contributed by atoms with Crippen LogP contribution < -0.4 is 0 Å². The Morgan fingerprint density at radius 3 is 1.41 bits per heavy atom. The maximum atomic E-state index is 11.0. The lowest BCUT2D eigenvalue weighted by Gasteiger charge is -2.45. The van der Waals surface area contributed by atoms with Crippen LogP contribution in [0.2, 0.25) is 0 Å². The first kappa shape index (κ1) is 33.4. The van der Waals surface area contributed by atoms with Gasteiger partial charge in [-0.15, -0.1) is 0 Å². The Kier molecular flexibility index (Phi) is 10.5. The summed E-state index contributed by atoms with van der Waals surface area (Å²) >= 11 is 0. The molecule has 0 aromatic carbocycles. The molecule has 0 radical (unpaired) electrons. The molecule has 1 saturated carbocycles. The molecule has 3 aliphatic heterocycles. The van der Waals surface area contributed by atoms with E-state index < -0.39 is 125 Å². The van der Waals surface area contributed by atoms with Gasteiger partial charge in [-0.05, 0) is 18.3 Å². The minimum Gasteiger partial charge on any atom is -0.388 e. The van der Waals surface area contributed by atoms with E-state index in [1.807, 2.05) is 6.92 Å². The molecule has 0 spiro atoms. The molecule has 4 aliphatic rings. The van der Waals surface area contributed by atoms with Crippen molar-refractivity contribution in [1.82, 2.24) is 0 Å². The van der Waals surface area contributed by atoms with Crippen LogP contribution in [-0.2, 0) is 32.8 Å². The standard InChI is InChI=1S/C22H39O18P/c1-22(2-3-22)19-16(29)13(26)10(23)7(38-19)4-35-20-17(30)14(27)11(24)8(39-20)5-36-21-18(31)15(28)12(25)9(40-21)6-37-41(32,33)34/h7-21,23-31H,2-6H2,1H3,(H2,32,33,34)/t7-,8-,9-,10-,11-,12-,13+,14+,15+,16+,17+,18+,19+,20+,21+/m1/s1. The van der Waals surface area contributed by atoms with Crippen molar-refractivity contribution in [3.05, 3.63) is 0 Å². The second kappa shape index (κ2) is 12.9. The zero-order valence-electron chi connectivity index (χ0n) is 21.9. The molecule has 18 nitrogen and oxygen atoms in total. The van der Waals surface area contributed by atoms with E-state index in [4.69, 9.17) is 33.5 Å². The van der Waals surface area contributed by atoms with Gasteiger partial charge in [0.25, 0.3) is 0 Å². The van der Waals surface area contributed by atoms with Crippen LogP contribution in [0.1, 0.15) is 19.8 Å². The molecule has 11 N–H and O–H groups in total. The van der Waals surface area contributed by atoms with Crippen molar-refractivity contribution in [1.29, 1.82) is 0 Å². The summed E-state index contributed by atoms with van der Waals surface area (Å²) in [5, 5.41) is 92.5. The first-order valence-electron chi connectivity index (χ1n) is 13.1. The molecule has 240 valence electrons. The van der Waals surface area contributed by atoms with Crippen molar-refractivity contribution < 1.29 is 88.5 Å². The molecule has 19 heteroatoms. The summed E-state index contributed by atoms with van der Waals surface area (Å²) in [6, 6.07) is 0. The minimum atomic E-state index is -4.96. The van der Waals surface area contributed by atoms with Gasteiger partial charge in [-0.3, -0.25) is 4.52 Å². The van der Waals surface area contributed by atoms with Crippen LogP contribution in [0.5, 0.6) is 0 Å².